The minimum atomic E-state index is -0.613. The van der Waals surface area contributed by atoms with Crippen molar-refractivity contribution >= 4 is 12.1 Å². The van der Waals surface area contributed by atoms with Gasteiger partial charge in [0.25, 0.3) is 5.56 Å². The largest absolute Gasteiger partial charge is 0.469 e. The number of unbranched alkanes of at least 4 members (excludes halogenated alkanes) is 3. The number of aromatic amines is 1. The van der Waals surface area contributed by atoms with Crippen molar-refractivity contribution in [2.45, 2.75) is 84.4 Å². The molecule has 1 aromatic heterocycles. The molecular formula is C20H33N3O6. The van der Waals surface area contributed by atoms with Gasteiger partial charge in [0.05, 0.1) is 13.5 Å². The van der Waals surface area contributed by atoms with Crippen LogP contribution in [0.2, 0.25) is 0 Å². The summed E-state index contributed by atoms with van der Waals surface area (Å²) >= 11 is 0. The highest BCUT2D eigenvalue weighted by Crippen LogP contribution is 2.12. The van der Waals surface area contributed by atoms with Gasteiger partial charge in [-0.25, -0.2) is 9.59 Å². The van der Waals surface area contributed by atoms with E-state index in [4.69, 9.17) is 9.47 Å². The molecule has 0 saturated heterocycles. The van der Waals surface area contributed by atoms with Crippen LogP contribution in [0.3, 0.4) is 0 Å². The molecule has 164 valence electrons. The van der Waals surface area contributed by atoms with E-state index in [1.54, 1.807) is 33.9 Å². The summed E-state index contributed by atoms with van der Waals surface area (Å²) in [5.74, 6) is -0.390. The third-order valence-electron chi connectivity index (χ3n) is 4.25. The summed E-state index contributed by atoms with van der Waals surface area (Å²) in [4.78, 5) is 49.0. The van der Waals surface area contributed by atoms with E-state index in [0.717, 1.165) is 25.7 Å². The highest BCUT2D eigenvalue weighted by atomic mass is 16.6. The molecule has 0 unspecified atom stereocenters. The first-order valence-corrected chi connectivity index (χ1v) is 9.88. The van der Waals surface area contributed by atoms with Gasteiger partial charge in [-0.1, -0.05) is 19.3 Å². The Morgan fingerprint density at radius 2 is 1.83 bits per heavy atom. The van der Waals surface area contributed by atoms with Crippen molar-refractivity contribution in [3.8, 4) is 0 Å². The summed E-state index contributed by atoms with van der Waals surface area (Å²) < 4.78 is 11.4. The van der Waals surface area contributed by atoms with Crippen LogP contribution in [0.5, 0.6) is 0 Å². The van der Waals surface area contributed by atoms with Crippen LogP contribution in [0.1, 0.15) is 64.9 Å². The molecule has 29 heavy (non-hydrogen) atoms. The van der Waals surface area contributed by atoms with E-state index in [2.05, 4.69) is 10.3 Å². The number of rotatable bonds is 10. The van der Waals surface area contributed by atoms with Crippen molar-refractivity contribution in [1.82, 2.24) is 14.9 Å². The van der Waals surface area contributed by atoms with Gasteiger partial charge in [-0.15, -0.1) is 0 Å². The number of hydrogen-bond acceptors (Lipinski definition) is 6. The lowest BCUT2D eigenvalue weighted by Crippen LogP contribution is -2.40. The van der Waals surface area contributed by atoms with Crippen LogP contribution in [-0.2, 0) is 20.8 Å². The number of carbonyl (C=O) groups excluding carboxylic acids is 2. The van der Waals surface area contributed by atoms with Crippen LogP contribution < -0.4 is 16.6 Å². The van der Waals surface area contributed by atoms with Gasteiger partial charge in [-0.3, -0.25) is 14.6 Å². The standard InChI is InChI=1S/C20H33N3O6/c1-14-13-23(18(26)22-17(14)25)11-9-7-6-8-10-15(12-16(24)28-5)21-19(27)29-20(2,3)4/h13,15H,6-12H2,1-5H3,(H,21,27)(H,22,25,26)/t15-/m1/s1. The van der Waals surface area contributed by atoms with Gasteiger partial charge >= 0.3 is 17.8 Å². The molecule has 1 atom stereocenters. The van der Waals surface area contributed by atoms with Crippen LogP contribution in [0.25, 0.3) is 0 Å². The van der Waals surface area contributed by atoms with Gasteiger partial charge in [0.15, 0.2) is 0 Å². The minimum absolute atomic E-state index is 0.0851. The van der Waals surface area contributed by atoms with Crippen LogP contribution in [0, 0.1) is 6.92 Å². The number of alkyl carbamates (subject to hydrolysis) is 1. The number of carbonyl (C=O) groups is 2. The number of hydrogen-bond donors (Lipinski definition) is 2. The third kappa shape index (κ3) is 9.96. The van der Waals surface area contributed by atoms with Crippen LogP contribution >= 0.6 is 0 Å². The average Bonchev–Trinajstić information content (AvgIpc) is 2.60. The number of esters is 1. The van der Waals surface area contributed by atoms with E-state index < -0.39 is 17.4 Å². The van der Waals surface area contributed by atoms with Crippen molar-refractivity contribution in [2.75, 3.05) is 7.11 Å². The quantitative estimate of drug-likeness (QED) is 0.450. The Bertz CT molecular complexity index is 791. The molecule has 0 aromatic carbocycles. The lowest BCUT2D eigenvalue weighted by molar-refractivity contribution is -0.141. The molecule has 9 nitrogen and oxygen atoms in total. The number of amides is 1. The number of H-pyrrole nitrogens is 1. The fourth-order valence-electron chi connectivity index (χ4n) is 2.80. The predicted molar refractivity (Wildman–Crippen MR) is 109 cm³/mol. The number of nitrogens with one attached hydrogen (secondary N) is 2. The molecule has 0 aliphatic carbocycles. The molecule has 1 amide bonds. The molecule has 9 heteroatoms. The molecular weight excluding hydrogens is 378 g/mol. The summed E-state index contributed by atoms with van der Waals surface area (Å²) in [7, 11) is 1.31. The van der Waals surface area contributed by atoms with Crippen LogP contribution in [0.15, 0.2) is 15.8 Å². The average molecular weight is 411 g/mol. The SMILES string of the molecule is COC(=O)C[C@@H](CCCCCCn1cc(C)c(=O)[nH]c1=O)NC(=O)OC(C)(C)C. The maximum atomic E-state index is 12.0. The van der Waals surface area contributed by atoms with Gasteiger partial charge in [0.1, 0.15) is 5.60 Å². The molecule has 0 spiro atoms. The lowest BCUT2D eigenvalue weighted by Gasteiger charge is -2.23. The summed E-state index contributed by atoms with van der Waals surface area (Å²) in [6, 6.07) is -0.359. The summed E-state index contributed by atoms with van der Waals surface area (Å²) in [5.41, 5.74) is -0.873. The third-order valence-corrected chi connectivity index (χ3v) is 4.25. The zero-order valence-corrected chi connectivity index (χ0v) is 18.0. The Hall–Kier alpha value is -2.58. The zero-order chi connectivity index (χ0) is 22.0. The maximum Gasteiger partial charge on any atom is 0.407 e. The summed E-state index contributed by atoms with van der Waals surface area (Å²) in [6.45, 7) is 7.51. The van der Waals surface area contributed by atoms with Gasteiger partial charge in [0.2, 0.25) is 0 Å². The predicted octanol–water partition coefficient (Wildman–Crippen LogP) is 2.25. The molecule has 0 radical (unpaired) electrons. The van der Waals surface area contributed by atoms with E-state index in [1.807, 2.05) is 0 Å². The second-order valence-corrected chi connectivity index (χ2v) is 8.09. The van der Waals surface area contributed by atoms with Gasteiger partial charge in [0, 0.05) is 24.3 Å². The van der Waals surface area contributed by atoms with E-state index in [1.165, 1.54) is 11.7 Å². The summed E-state index contributed by atoms with van der Waals surface area (Å²) in [5, 5.41) is 2.73. The Kier molecular flexibility index (Phi) is 9.64. The van der Waals surface area contributed by atoms with Gasteiger partial charge in [-0.2, -0.15) is 0 Å². The number of methoxy groups -OCH3 is 1. The molecule has 0 aliphatic rings. The Morgan fingerprint density at radius 1 is 1.17 bits per heavy atom. The Balaban J connectivity index is 2.42. The monoisotopic (exact) mass is 411 g/mol. The van der Waals surface area contributed by atoms with Crippen molar-refractivity contribution < 1.29 is 19.1 Å². The van der Waals surface area contributed by atoms with Crippen molar-refractivity contribution in [3.05, 3.63) is 32.6 Å². The van der Waals surface area contributed by atoms with Crippen molar-refractivity contribution in [2.24, 2.45) is 0 Å². The van der Waals surface area contributed by atoms with E-state index in [9.17, 15) is 19.2 Å². The fraction of sp³-hybridized carbons (Fsp3) is 0.700. The topological polar surface area (TPSA) is 119 Å². The zero-order valence-electron chi connectivity index (χ0n) is 18.0. The second kappa shape index (κ2) is 11.4. The van der Waals surface area contributed by atoms with E-state index >= 15 is 0 Å². The first kappa shape index (κ1) is 24.5. The lowest BCUT2D eigenvalue weighted by atomic mass is 10.0. The maximum absolute atomic E-state index is 12.0. The normalized spacial score (nSPS) is 12.3. The van der Waals surface area contributed by atoms with Gasteiger partial charge in [-0.05, 0) is 40.5 Å². The number of aromatic nitrogens is 2. The second-order valence-electron chi connectivity index (χ2n) is 8.09. The Labute approximate surface area is 170 Å². The summed E-state index contributed by atoms with van der Waals surface area (Å²) in [6.07, 6.45) is 5.06. The number of nitrogens with zero attached hydrogens (tertiary/aromatic N) is 1. The van der Waals surface area contributed by atoms with E-state index in [0.29, 0.717) is 18.5 Å². The minimum Gasteiger partial charge on any atom is -0.469 e. The van der Waals surface area contributed by atoms with Crippen molar-refractivity contribution in [3.63, 3.8) is 0 Å². The molecule has 0 aliphatic heterocycles. The number of ether oxygens (including phenoxy) is 2. The fourth-order valence-corrected chi connectivity index (χ4v) is 2.80. The highest BCUT2D eigenvalue weighted by molar-refractivity contribution is 5.72. The van der Waals surface area contributed by atoms with Gasteiger partial charge < -0.3 is 19.4 Å². The first-order chi connectivity index (χ1) is 13.5. The number of aryl methyl sites for hydroxylation is 2. The van der Waals surface area contributed by atoms with E-state index in [-0.39, 0.29) is 24.0 Å². The Morgan fingerprint density at radius 3 is 2.45 bits per heavy atom. The highest BCUT2D eigenvalue weighted by Gasteiger charge is 2.21. The molecule has 0 saturated carbocycles. The molecule has 0 fully saturated rings. The molecule has 1 aromatic rings. The molecule has 0 bridgehead atoms. The first-order valence-electron chi connectivity index (χ1n) is 9.88. The molecule has 2 N–H and O–H groups in total. The molecule has 1 heterocycles. The van der Waals surface area contributed by atoms with Crippen LogP contribution in [-0.4, -0.2) is 40.4 Å². The molecule has 1 rings (SSSR count). The smallest absolute Gasteiger partial charge is 0.407 e. The van der Waals surface area contributed by atoms with Crippen molar-refractivity contribution in [1.29, 1.82) is 0 Å². The van der Waals surface area contributed by atoms with Crippen LogP contribution in [0.4, 0.5) is 4.79 Å².